The molecule has 120 valence electrons. The third-order valence-electron chi connectivity index (χ3n) is 3.00. The van der Waals surface area contributed by atoms with Gasteiger partial charge in [-0.25, -0.2) is 4.79 Å². The summed E-state index contributed by atoms with van der Waals surface area (Å²) in [4.78, 5) is 25.4. The molecule has 5 nitrogen and oxygen atoms in total. The van der Waals surface area contributed by atoms with E-state index in [-0.39, 0.29) is 12.5 Å². The first kappa shape index (κ1) is 17.0. The number of anilines is 1. The number of carbonyl (C=O) groups excluding carboxylic acids is 2. The summed E-state index contributed by atoms with van der Waals surface area (Å²) in [5.74, 6) is -0.365. The van der Waals surface area contributed by atoms with E-state index in [0.29, 0.717) is 17.0 Å². The minimum absolute atomic E-state index is 0.277. The van der Waals surface area contributed by atoms with E-state index in [9.17, 15) is 9.59 Å². The predicted molar refractivity (Wildman–Crippen MR) is 90.9 cm³/mol. The van der Waals surface area contributed by atoms with Crippen molar-refractivity contribution < 1.29 is 18.7 Å². The first-order valence-electron chi connectivity index (χ1n) is 7.05. The highest BCUT2D eigenvalue weighted by molar-refractivity contribution is 9.10. The van der Waals surface area contributed by atoms with Crippen LogP contribution in [0.15, 0.2) is 57.6 Å². The van der Waals surface area contributed by atoms with E-state index in [4.69, 9.17) is 9.15 Å². The number of hydrogen-bond donors (Lipinski definition) is 0. The van der Waals surface area contributed by atoms with Gasteiger partial charge >= 0.3 is 5.97 Å². The largest absolute Gasteiger partial charge is 0.452 e. The Balaban J connectivity index is 1.87. The molecule has 0 aliphatic carbocycles. The van der Waals surface area contributed by atoms with Crippen molar-refractivity contribution in [3.05, 3.63) is 59.0 Å². The Morgan fingerprint density at radius 3 is 2.57 bits per heavy atom. The number of para-hydroxylation sites is 1. The Morgan fingerprint density at radius 1 is 1.22 bits per heavy atom. The van der Waals surface area contributed by atoms with E-state index < -0.39 is 5.97 Å². The van der Waals surface area contributed by atoms with Gasteiger partial charge in [-0.3, -0.25) is 4.79 Å². The molecule has 0 saturated heterocycles. The van der Waals surface area contributed by atoms with Crippen LogP contribution in [0.25, 0.3) is 6.08 Å². The molecule has 0 saturated carbocycles. The lowest BCUT2D eigenvalue weighted by molar-refractivity contribution is -0.142. The van der Waals surface area contributed by atoms with Gasteiger partial charge in [-0.05, 0) is 53.2 Å². The molecule has 23 heavy (non-hydrogen) atoms. The minimum atomic E-state index is -0.602. The van der Waals surface area contributed by atoms with Gasteiger partial charge in [0.2, 0.25) is 0 Å². The summed E-state index contributed by atoms with van der Waals surface area (Å²) in [5, 5.41) is 0. The number of amides is 1. The van der Waals surface area contributed by atoms with Crippen LogP contribution < -0.4 is 4.90 Å². The van der Waals surface area contributed by atoms with E-state index in [1.165, 1.54) is 12.2 Å². The molecule has 0 radical (unpaired) electrons. The van der Waals surface area contributed by atoms with Gasteiger partial charge in [0.25, 0.3) is 5.91 Å². The van der Waals surface area contributed by atoms with Gasteiger partial charge in [0, 0.05) is 18.3 Å². The van der Waals surface area contributed by atoms with E-state index >= 15 is 0 Å². The van der Waals surface area contributed by atoms with E-state index in [1.54, 1.807) is 17.0 Å². The summed E-state index contributed by atoms with van der Waals surface area (Å²) < 4.78 is 10.8. The first-order chi connectivity index (χ1) is 11.1. The second-order valence-corrected chi connectivity index (χ2v) is 5.34. The van der Waals surface area contributed by atoms with Crippen molar-refractivity contribution in [2.24, 2.45) is 0 Å². The van der Waals surface area contributed by atoms with E-state index in [2.05, 4.69) is 15.9 Å². The van der Waals surface area contributed by atoms with Crippen molar-refractivity contribution >= 4 is 39.6 Å². The summed E-state index contributed by atoms with van der Waals surface area (Å²) in [6, 6.07) is 12.7. The zero-order chi connectivity index (χ0) is 16.7. The number of nitrogens with zero attached hydrogens (tertiary/aromatic N) is 1. The molecule has 0 aliphatic rings. The fourth-order valence-electron chi connectivity index (χ4n) is 1.94. The topological polar surface area (TPSA) is 59.8 Å². The van der Waals surface area contributed by atoms with Gasteiger partial charge in [0.05, 0.1) is 0 Å². The van der Waals surface area contributed by atoms with Gasteiger partial charge in [0.1, 0.15) is 5.76 Å². The molecule has 0 bridgehead atoms. The van der Waals surface area contributed by atoms with Gasteiger partial charge in [-0.2, -0.15) is 0 Å². The number of benzene rings is 1. The lowest BCUT2D eigenvalue weighted by Crippen LogP contribution is -2.34. The van der Waals surface area contributed by atoms with Crippen molar-refractivity contribution in [2.75, 3.05) is 18.1 Å². The smallest absolute Gasteiger partial charge is 0.331 e. The third-order valence-corrected chi connectivity index (χ3v) is 3.43. The number of esters is 1. The molecule has 1 aromatic carbocycles. The summed E-state index contributed by atoms with van der Waals surface area (Å²) in [5.41, 5.74) is 0.770. The van der Waals surface area contributed by atoms with Crippen molar-refractivity contribution in [2.45, 2.75) is 6.92 Å². The zero-order valence-corrected chi connectivity index (χ0v) is 14.2. The van der Waals surface area contributed by atoms with Gasteiger partial charge in [0.15, 0.2) is 11.3 Å². The quantitative estimate of drug-likeness (QED) is 0.569. The molecule has 2 rings (SSSR count). The highest BCUT2D eigenvalue weighted by Gasteiger charge is 2.15. The van der Waals surface area contributed by atoms with E-state index in [1.807, 2.05) is 37.3 Å². The zero-order valence-electron chi connectivity index (χ0n) is 12.6. The maximum absolute atomic E-state index is 12.2. The molecule has 0 atom stereocenters. The average Bonchev–Trinajstić information content (AvgIpc) is 2.98. The molecule has 0 aliphatic heterocycles. The maximum Gasteiger partial charge on any atom is 0.331 e. The molecule has 1 heterocycles. The molecule has 1 amide bonds. The molecule has 2 aromatic rings. The Hall–Kier alpha value is -2.34. The highest BCUT2D eigenvalue weighted by atomic mass is 79.9. The molecule has 6 heteroatoms. The summed E-state index contributed by atoms with van der Waals surface area (Å²) in [6.07, 6.45) is 2.70. The molecule has 0 spiro atoms. The van der Waals surface area contributed by atoms with Crippen LogP contribution in [-0.2, 0) is 14.3 Å². The van der Waals surface area contributed by atoms with Crippen LogP contribution in [0.2, 0.25) is 0 Å². The monoisotopic (exact) mass is 377 g/mol. The Labute approximate surface area is 142 Å². The number of ether oxygens (including phenoxy) is 1. The average molecular weight is 378 g/mol. The van der Waals surface area contributed by atoms with Crippen molar-refractivity contribution in [1.29, 1.82) is 0 Å². The number of furan rings is 1. The van der Waals surface area contributed by atoms with Crippen LogP contribution in [0.3, 0.4) is 0 Å². The minimum Gasteiger partial charge on any atom is -0.452 e. The SMILES string of the molecule is CCN(C(=O)COC(=O)/C=C/c1ccc(Br)o1)c1ccccc1. The van der Waals surface area contributed by atoms with Crippen LogP contribution in [0.1, 0.15) is 12.7 Å². The predicted octanol–water partition coefficient (Wildman–Crippen LogP) is 3.65. The third kappa shape index (κ3) is 5.10. The molecular formula is C17H16BrNO4. The maximum atomic E-state index is 12.2. The summed E-state index contributed by atoms with van der Waals surface area (Å²) >= 11 is 3.17. The Kier molecular flexibility index (Phi) is 6.17. The van der Waals surface area contributed by atoms with Gasteiger partial charge < -0.3 is 14.1 Å². The summed E-state index contributed by atoms with van der Waals surface area (Å²) in [6.45, 7) is 2.05. The molecular weight excluding hydrogens is 362 g/mol. The van der Waals surface area contributed by atoms with Crippen molar-refractivity contribution in [3.63, 3.8) is 0 Å². The molecule has 0 fully saturated rings. The number of rotatable bonds is 6. The van der Waals surface area contributed by atoms with Crippen LogP contribution in [0.4, 0.5) is 5.69 Å². The second-order valence-electron chi connectivity index (χ2n) is 4.56. The fourth-order valence-corrected chi connectivity index (χ4v) is 2.26. The van der Waals surface area contributed by atoms with Crippen LogP contribution in [-0.4, -0.2) is 25.0 Å². The summed E-state index contributed by atoms with van der Waals surface area (Å²) in [7, 11) is 0. The van der Waals surface area contributed by atoms with Crippen LogP contribution >= 0.6 is 15.9 Å². The number of carbonyl (C=O) groups is 2. The van der Waals surface area contributed by atoms with E-state index in [0.717, 1.165) is 5.69 Å². The Bertz CT molecular complexity index is 694. The molecule has 0 unspecified atom stereocenters. The first-order valence-corrected chi connectivity index (χ1v) is 7.85. The van der Waals surface area contributed by atoms with Crippen LogP contribution in [0, 0.1) is 0 Å². The number of halogens is 1. The molecule has 1 aromatic heterocycles. The normalized spacial score (nSPS) is 10.7. The fraction of sp³-hybridized carbons (Fsp3) is 0.176. The second kappa shape index (κ2) is 8.33. The van der Waals surface area contributed by atoms with Crippen molar-refractivity contribution in [1.82, 2.24) is 0 Å². The molecule has 0 N–H and O–H groups in total. The van der Waals surface area contributed by atoms with Gasteiger partial charge in [-0.15, -0.1) is 0 Å². The van der Waals surface area contributed by atoms with Crippen LogP contribution in [0.5, 0.6) is 0 Å². The van der Waals surface area contributed by atoms with Crippen molar-refractivity contribution in [3.8, 4) is 0 Å². The number of hydrogen-bond acceptors (Lipinski definition) is 4. The lowest BCUT2D eigenvalue weighted by atomic mass is 10.3. The standard InChI is InChI=1S/C17H16BrNO4/c1-2-19(13-6-4-3-5-7-13)16(20)12-22-17(21)11-9-14-8-10-15(18)23-14/h3-11H,2,12H2,1H3/b11-9+. The van der Waals surface area contributed by atoms with Gasteiger partial charge in [-0.1, -0.05) is 18.2 Å². The lowest BCUT2D eigenvalue weighted by Gasteiger charge is -2.20. The number of likely N-dealkylation sites (N-methyl/N-ethyl adjacent to an activating group) is 1. The highest BCUT2D eigenvalue weighted by Crippen LogP contribution is 2.15. The Morgan fingerprint density at radius 2 is 1.96 bits per heavy atom.